The first-order chi connectivity index (χ1) is 13.6. The van der Waals surface area contributed by atoms with E-state index in [2.05, 4.69) is 10.6 Å². The fraction of sp³-hybridized carbons (Fsp3) is 0.174. The van der Waals surface area contributed by atoms with Crippen molar-refractivity contribution in [3.63, 3.8) is 0 Å². The highest BCUT2D eigenvalue weighted by molar-refractivity contribution is 5.78. The van der Waals surface area contributed by atoms with E-state index in [4.69, 9.17) is 4.74 Å². The lowest BCUT2D eigenvalue weighted by molar-refractivity contribution is -0.120. The first-order valence-electron chi connectivity index (χ1n) is 9.13. The zero-order valence-corrected chi connectivity index (χ0v) is 15.8. The average Bonchev–Trinajstić information content (AvgIpc) is 2.73. The molecule has 3 rings (SSSR count). The zero-order chi connectivity index (χ0) is 19.8. The molecule has 0 aliphatic rings. The van der Waals surface area contributed by atoms with Gasteiger partial charge in [0, 0.05) is 18.8 Å². The van der Waals surface area contributed by atoms with E-state index in [0.29, 0.717) is 25.3 Å². The van der Waals surface area contributed by atoms with Gasteiger partial charge < -0.3 is 20.5 Å². The highest BCUT2D eigenvalue weighted by Crippen LogP contribution is 2.26. The molecule has 1 amide bonds. The van der Waals surface area contributed by atoms with Gasteiger partial charge in [-0.15, -0.1) is 0 Å². The second-order valence-electron chi connectivity index (χ2n) is 6.50. The molecule has 28 heavy (non-hydrogen) atoms. The molecule has 0 aromatic heterocycles. The molecule has 3 aromatic rings. The summed E-state index contributed by atoms with van der Waals surface area (Å²) in [4.78, 5) is 12.1. The number of aromatic hydroxyl groups is 1. The number of carbonyl (C=O) groups is 1. The Hall–Kier alpha value is -3.47. The van der Waals surface area contributed by atoms with Crippen molar-refractivity contribution < 1.29 is 14.6 Å². The van der Waals surface area contributed by atoms with Crippen molar-refractivity contribution in [2.45, 2.75) is 19.5 Å². The number of ether oxygens (including phenoxy) is 1. The van der Waals surface area contributed by atoms with E-state index in [-0.39, 0.29) is 11.7 Å². The summed E-state index contributed by atoms with van der Waals surface area (Å²) in [6.45, 7) is 1.14. The highest BCUT2D eigenvalue weighted by atomic mass is 16.5. The van der Waals surface area contributed by atoms with Crippen LogP contribution in [0.5, 0.6) is 11.5 Å². The molecule has 3 aromatic carbocycles. The minimum Gasteiger partial charge on any atom is -0.504 e. The number of amides is 1. The Balaban J connectivity index is 1.48. The van der Waals surface area contributed by atoms with Crippen molar-refractivity contribution in [2.75, 3.05) is 12.4 Å². The molecule has 0 radical (unpaired) electrons. The fourth-order valence-electron chi connectivity index (χ4n) is 2.82. The maximum atomic E-state index is 12.1. The number of methoxy groups -OCH3 is 1. The number of carbonyl (C=O) groups excluding carboxylic acids is 1. The third-order valence-corrected chi connectivity index (χ3v) is 4.39. The van der Waals surface area contributed by atoms with Gasteiger partial charge in [-0.3, -0.25) is 4.79 Å². The molecular weight excluding hydrogens is 352 g/mol. The molecule has 0 fully saturated rings. The topological polar surface area (TPSA) is 70.6 Å². The van der Waals surface area contributed by atoms with E-state index in [9.17, 15) is 9.90 Å². The Morgan fingerprint density at radius 1 is 0.893 bits per heavy atom. The minimum atomic E-state index is 0.000695. The van der Waals surface area contributed by atoms with Crippen LogP contribution in [0, 0.1) is 0 Å². The van der Waals surface area contributed by atoms with Gasteiger partial charge in [0.15, 0.2) is 11.5 Å². The van der Waals surface area contributed by atoms with Gasteiger partial charge in [-0.2, -0.15) is 0 Å². The molecule has 0 aliphatic carbocycles. The molecule has 0 saturated carbocycles. The van der Waals surface area contributed by atoms with Gasteiger partial charge in [-0.05, 0) is 41.0 Å². The Bertz CT molecular complexity index is 909. The van der Waals surface area contributed by atoms with Gasteiger partial charge in [-0.25, -0.2) is 0 Å². The fourth-order valence-corrected chi connectivity index (χ4v) is 2.82. The van der Waals surface area contributed by atoms with Crippen molar-refractivity contribution in [1.82, 2.24) is 5.32 Å². The summed E-state index contributed by atoms with van der Waals surface area (Å²) in [5.74, 6) is 0.582. The van der Waals surface area contributed by atoms with Crippen LogP contribution in [0.1, 0.15) is 16.7 Å². The number of rotatable bonds is 8. The quantitative estimate of drug-likeness (QED) is 0.558. The Morgan fingerprint density at radius 3 is 2.32 bits per heavy atom. The van der Waals surface area contributed by atoms with Gasteiger partial charge in [0.2, 0.25) is 5.91 Å². The molecular formula is C23H24N2O3. The standard InChI is InChI=1S/C23H24N2O3/c1-28-22-13-19(9-12-21(22)26)16-24-20-10-7-17(8-11-20)14-23(27)25-15-18-5-3-2-4-6-18/h2-13,24,26H,14-16H2,1H3,(H,25,27). The largest absolute Gasteiger partial charge is 0.504 e. The molecule has 0 spiro atoms. The van der Waals surface area contributed by atoms with Crippen LogP contribution in [-0.2, 0) is 24.3 Å². The van der Waals surface area contributed by atoms with Gasteiger partial charge >= 0.3 is 0 Å². The van der Waals surface area contributed by atoms with Crippen molar-refractivity contribution in [3.8, 4) is 11.5 Å². The third-order valence-electron chi connectivity index (χ3n) is 4.39. The van der Waals surface area contributed by atoms with Crippen molar-refractivity contribution in [1.29, 1.82) is 0 Å². The predicted octanol–water partition coefficient (Wildman–Crippen LogP) is 3.87. The van der Waals surface area contributed by atoms with Gasteiger partial charge in [0.05, 0.1) is 13.5 Å². The summed E-state index contributed by atoms with van der Waals surface area (Å²) in [6.07, 6.45) is 0.349. The molecule has 0 aliphatic heterocycles. The van der Waals surface area contributed by atoms with Gasteiger partial charge in [0.1, 0.15) is 0 Å². The summed E-state index contributed by atoms with van der Waals surface area (Å²) in [5, 5.41) is 15.9. The van der Waals surface area contributed by atoms with E-state index in [1.165, 1.54) is 7.11 Å². The van der Waals surface area contributed by atoms with E-state index < -0.39 is 0 Å². The van der Waals surface area contributed by atoms with Crippen LogP contribution in [0.25, 0.3) is 0 Å². The second-order valence-corrected chi connectivity index (χ2v) is 6.50. The average molecular weight is 376 g/mol. The van der Waals surface area contributed by atoms with Crippen LogP contribution in [0.3, 0.4) is 0 Å². The number of benzene rings is 3. The lowest BCUT2D eigenvalue weighted by Crippen LogP contribution is -2.24. The normalized spacial score (nSPS) is 10.3. The summed E-state index contributed by atoms with van der Waals surface area (Å²) < 4.78 is 5.12. The molecule has 5 heteroatoms. The molecule has 0 saturated heterocycles. The minimum absolute atomic E-state index is 0.000695. The molecule has 0 atom stereocenters. The SMILES string of the molecule is COc1cc(CNc2ccc(CC(=O)NCc3ccccc3)cc2)ccc1O. The lowest BCUT2D eigenvalue weighted by atomic mass is 10.1. The van der Waals surface area contributed by atoms with Crippen LogP contribution >= 0.6 is 0 Å². The number of nitrogens with one attached hydrogen (secondary N) is 2. The monoisotopic (exact) mass is 376 g/mol. The van der Waals surface area contributed by atoms with Crippen molar-refractivity contribution >= 4 is 11.6 Å². The first kappa shape index (κ1) is 19.3. The van der Waals surface area contributed by atoms with Crippen LogP contribution in [-0.4, -0.2) is 18.1 Å². The Morgan fingerprint density at radius 2 is 1.61 bits per heavy atom. The summed E-state index contributed by atoms with van der Waals surface area (Å²) in [6, 6.07) is 22.9. The molecule has 144 valence electrons. The number of phenols is 1. The first-order valence-corrected chi connectivity index (χ1v) is 9.13. The molecule has 0 unspecified atom stereocenters. The smallest absolute Gasteiger partial charge is 0.224 e. The number of hydrogen-bond acceptors (Lipinski definition) is 4. The number of phenolic OH excluding ortho intramolecular Hbond substituents is 1. The van der Waals surface area contributed by atoms with Crippen LogP contribution in [0.2, 0.25) is 0 Å². The highest BCUT2D eigenvalue weighted by Gasteiger charge is 2.05. The predicted molar refractivity (Wildman–Crippen MR) is 110 cm³/mol. The second kappa shape index (κ2) is 9.46. The maximum absolute atomic E-state index is 12.1. The molecule has 5 nitrogen and oxygen atoms in total. The van der Waals surface area contributed by atoms with Gasteiger partial charge in [-0.1, -0.05) is 48.5 Å². The Kier molecular flexibility index (Phi) is 6.52. The summed E-state index contributed by atoms with van der Waals surface area (Å²) >= 11 is 0. The van der Waals surface area contributed by atoms with E-state index in [1.54, 1.807) is 12.1 Å². The summed E-state index contributed by atoms with van der Waals surface area (Å²) in [7, 11) is 1.53. The maximum Gasteiger partial charge on any atom is 0.224 e. The summed E-state index contributed by atoms with van der Waals surface area (Å²) in [5.41, 5.74) is 4.00. The number of hydrogen-bond donors (Lipinski definition) is 3. The van der Waals surface area contributed by atoms with Crippen LogP contribution < -0.4 is 15.4 Å². The van der Waals surface area contributed by atoms with Gasteiger partial charge in [0.25, 0.3) is 0 Å². The van der Waals surface area contributed by atoms with E-state index in [1.807, 2.05) is 60.7 Å². The Labute approximate surface area is 165 Å². The van der Waals surface area contributed by atoms with Crippen LogP contribution in [0.4, 0.5) is 5.69 Å². The lowest BCUT2D eigenvalue weighted by Gasteiger charge is -2.10. The molecule has 0 bridgehead atoms. The van der Waals surface area contributed by atoms with Crippen molar-refractivity contribution in [2.24, 2.45) is 0 Å². The van der Waals surface area contributed by atoms with E-state index in [0.717, 1.165) is 22.4 Å². The molecule has 0 heterocycles. The van der Waals surface area contributed by atoms with E-state index >= 15 is 0 Å². The zero-order valence-electron chi connectivity index (χ0n) is 15.8. The van der Waals surface area contributed by atoms with Crippen LogP contribution in [0.15, 0.2) is 72.8 Å². The number of anilines is 1. The van der Waals surface area contributed by atoms with Crippen molar-refractivity contribution in [3.05, 3.63) is 89.5 Å². The molecule has 3 N–H and O–H groups in total. The third kappa shape index (κ3) is 5.51.